The van der Waals surface area contributed by atoms with Gasteiger partial charge in [0, 0.05) is 86.3 Å². The number of likely N-dealkylation sites (tertiary alicyclic amines) is 1. The van der Waals surface area contributed by atoms with Crippen LogP contribution in [0.2, 0.25) is 5.02 Å². The van der Waals surface area contributed by atoms with Crippen LogP contribution in [0.4, 0.5) is 0 Å². The fourth-order valence-corrected chi connectivity index (χ4v) is 4.89. The molecule has 0 unspecified atom stereocenters. The highest BCUT2D eigenvalue weighted by molar-refractivity contribution is 6.30. The van der Waals surface area contributed by atoms with Crippen molar-refractivity contribution in [1.82, 2.24) is 20.0 Å². The molecule has 0 aromatic heterocycles. The summed E-state index contributed by atoms with van der Waals surface area (Å²) in [7, 11) is 2.03. The highest BCUT2D eigenvalue weighted by Gasteiger charge is 2.31. The Bertz CT molecular complexity index is 1190. The molecule has 0 bridgehead atoms. The van der Waals surface area contributed by atoms with E-state index < -0.39 is 0 Å². The lowest BCUT2D eigenvalue weighted by Gasteiger charge is -2.41. The summed E-state index contributed by atoms with van der Waals surface area (Å²) in [6.45, 7) is 13.2. The fraction of sp³-hybridized carbons (Fsp3) is 0.429. The number of amides is 2. The first-order chi connectivity index (χ1) is 17.3. The standard InChI is InChI=1S/C28H35ClN4O3/c1-20-4-9-25(27(34)30-10-11-32-12-14-36-15-13-32)21(2)26(20)19-31(3)16-22-17-33(18-22)28(35)23-5-7-24(29)8-6-23/h4-9,19,22H,1,10-18H2,2-3H3,(H,30,34)/b26-19+. The third-order valence-electron chi connectivity index (χ3n) is 6.90. The summed E-state index contributed by atoms with van der Waals surface area (Å²) in [4.78, 5) is 31.8. The van der Waals surface area contributed by atoms with Crippen LogP contribution in [-0.4, -0.2) is 92.6 Å². The van der Waals surface area contributed by atoms with E-state index in [0.29, 0.717) is 28.6 Å². The van der Waals surface area contributed by atoms with Gasteiger partial charge in [-0.2, -0.15) is 0 Å². The van der Waals surface area contributed by atoms with E-state index in [2.05, 4.69) is 27.9 Å². The number of benzene rings is 2. The Morgan fingerprint density at radius 1 is 1.17 bits per heavy atom. The number of carbonyl (C=O) groups is 2. The molecule has 1 N–H and O–H groups in total. The number of nitrogens with zero attached hydrogens (tertiary/aromatic N) is 3. The molecule has 0 aliphatic carbocycles. The largest absolute Gasteiger partial charge is 0.380 e. The molecule has 0 atom stereocenters. The van der Waals surface area contributed by atoms with Crippen molar-refractivity contribution in [3.63, 3.8) is 0 Å². The number of nitrogens with one attached hydrogen (secondary N) is 1. The van der Waals surface area contributed by atoms with Crippen LogP contribution in [0, 0.1) is 12.8 Å². The van der Waals surface area contributed by atoms with Crippen LogP contribution in [0.5, 0.6) is 0 Å². The van der Waals surface area contributed by atoms with Crippen LogP contribution < -0.4 is 15.8 Å². The second-order valence-corrected chi connectivity index (χ2v) is 10.1. The molecule has 2 aliphatic rings. The lowest BCUT2D eigenvalue weighted by Crippen LogP contribution is -2.53. The lowest BCUT2D eigenvalue weighted by molar-refractivity contribution is 0.0383. The SMILES string of the molecule is C=c1ccc(C(=O)NCCN2CCOCC2)c(C)/c1=C/N(C)CC1CN(C(=O)c2ccc(Cl)cc2)C1. The molecule has 2 amide bonds. The maximum atomic E-state index is 12.9. The van der Waals surface area contributed by atoms with Crippen LogP contribution in [0.1, 0.15) is 26.3 Å². The Balaban J connectivity index is 1.32. The van der Waals surface area contributed by atoms with Crippen LogP contribution in [0.3, 0.4) is 0 Å². The molecule has 2 fully saturated rings. The average molecular weight is 511 g/mol. The minimum atomic E-state index is -0.0617. The van der Waals surface area contributed by atoms with E-state index in [0.717, 1.165) is 68.5 Å². The van der Waals surface area contributed by atoms with Gasteiger partial charge < -0.3 is 19.9 Å². The molecule has 2 aliphatic heterocycles. The summed E-state index contributed by atoms with van der Waals surface area (Å²) in [5.74, 6) is 0.369. The topological polar surface area (TPSA) is 65.1 Å². The van der Waals surface area contributed by atoms with Gasteiger partial charge in [0.05, 0.1) is 13.2 Å². The Hall–Kier alpha value is -2.87. The number of hydrogen-bond acceptors (Lipinski definition) is 5. The zero-order valence-electron chi connectivity index (χ0n) is 21.1. The molecule has 36 heavy (non-hydrogen) atoms. The van der Waals surface area contributed by atoms with Gasteiger partial charge in [0.1, 0.15) is 0 Å². The second kappa shape index (κ2) is 11.9. The summed E-state index contributed by atoms with van der Waals surface area (Å²) in [5, 5.41) is 5.53. The van der Waals surface area contributed by atoms with Gasteiger partial charge in [-0.25, -0.2) is 0 Å². The van der Waals surface area contributed by atoms with E-state index in [-0.39, 0.29) is 11.8 Å². The minimum absolute atomic E-state index is 0.0396. The van der Waals surface area contributed by atoms with Crippen LogP contribution in [0.25, 0.3) is 12.8 Å². The fourth-order valence-electron chi connectivity index (χ4n) is 4.76. The maximum Gasteiger partial charge on any atom is 0.253 e. The predicted octanol–water partition coefficient (Wildman–Crippen LogP) is 1.56. The lowest BCUT2D eigenvalue weighted by atomic mass is 9.98. The maximum absolute atomic E-state index is 12.9. The first-order valence-corrected chi connectivity index (χ1v) is 12.8. The molecule has 8 heteroatoms. The number of hydrogen-bond donors (Lipinski definition) is 1. The number of carbonyl (C=O) groups excluding carboxylic acids is 2. The second-order valence-electron chi connectivity index (χ2n) is 9.67. The molecule has 2 aromatic carbocycles. The third-order valence-corrected chi connectivity index (χ3v) is 7.15. The number of halogens is 1. The van der Waals surface area contributed by atoms with Gasteiger partial charge in [-0.05, 0) is 48.0 Å². The van der Waals surface area contributed by atoms with Gasteiger partial charge >= 0.3 is 0 Å². The molecular formula is C28H35ClN4O3. The summed E-state index contributed by atoms with van der Waals surface area (Å²) >= 11 is 5.93. The van der Waals surface area contributed by atoms with E-state index >= 15 is 0 Å². The molecule has 192 valence electrons. The third kappa shape index (κ3) is 6.46. The summed E-state index contributed by atoms with van der Waals surface area (Å²) in [6, 6.07) is 10.8. The van der Waals surface area contributed by atoms with Crippen molar-refractivity contribution in [2.45, 2.75) is 6.92 Å². The average Bonchev–Trinajstić information content (AvgIpc) is 2.84. The van der Waals surface area contributed by atoms with E-state index in [9.17, 15) is 9.59 Å². The molecule has 0 saturated carbocycles. The predicted molar refractivity (Wildman–Crippen MR) is 143 cm³/mol. The molecule has 0 radical (unpaired) electrons. The van der Waals surface area contributed by atoms with E-state index in [1.165, 1.54) is 0 Å². The molecule has 4 rings (SSSR count). The normalized spacial score (nSPS) is 17.1. The zero-order chi connectivity index (χ0) is 25.7. The van der Waals surface area contributed by atoms with E-state index in [4.69, 9.17) is 16.3 Å². The highest BCUT2D eigenvalue weighted by Crippen LogP contribution is 2.20. The van der Waals surface area contributed by atoms with Crippen molar-refractivity contribution in [2.24, 2.45) is 5.92 Å². The first kappa shape index (κ1) is 26.2. The van der Waals surface area contributed by atoms with Crippen molar-refractivity contribution >= 4 is 36.2 Å². The summed E-state index contributed by atoms with van der Waals surface area (Å²) in [5.41, 5.74) is 2.26. The Kier molecular flexibility index (Phi) is 8.67. The van der Waals surface area contributed by atoms with Crippen molar-refractivity contribution < 1.29 is 14.3 Å². The Morgan fingerprint density at radius 3 is 2.56 bits per heavy atom. The monoisotopic (exact) mass is 510 g/mol. The van der Waals surface area contributed by atoms with E-state index in [1.807, 2.05) is 31.0 Å². The number of ether oxygens (including phenoxy) is 1. The van der Waals surface area contributed by atoms with Gasteiger partial charge in [0.25, 0.3) is 11.8 Å². The molecular weight excluding hydrogens is 476 g/mol. The minimum Gasteiger partial charge on any atom is -0.380 e. The summed E-state index contributed by atoms with van der Waals surface area (Å²) in [6.07, 6.45) is 2.06. The summed E-state index contributed by atoms with van der Waals surface area (Å²) < 4.78 is 5.38. The van der Waals surface area contributed by atoms with Gasteiger partial charge in [-0.15, -0.1) is 0 Å². The quantitative estimate of drug-likeness (QED) is 0.584. The number of rotatable bonds is 8. The molecule has 0 spiro atoms. The Morgan fingerprint density at radius 2 is 1.86 bits per heavy atom. The van der Waals surface area contributed by atoms with Crippen LogP contribution in [-0.2, 0) is 4.74 Å². The smallest absolute Gasteiger partial charge is 0.253 e. The van der Waals surface area contributed by atoms with Crippen molar-refractivity contribution in [3.8, 4) is 0 Å². The van der Waals surface area contributed by atoms with E-state index in [1.54, 1.807) is 24.3 Å². The molecule has 2 saturated heterocycles. The van der Waals surface area contributed by atoms with Crippen molar-refractivity contribution in [3.05, 3.63) is 68.5 Å². The van der Waals surface area contributed by atoms with Gasteiger partial charge in [-0.1, -0.05) is 24.2 Å². The molecule has 2 heterocycles. The van der Waals surface area contributed by atoms with Crippen molar-refractivity contribution in [2.75, 3.05) is 66.1 Å². The van der Waals surface area contributed by atoms with Gasteiger partial charge in [0.2, 0.25) is 0 Å². The molecule has 7 nitrogen and oxygen atoms in total. The van der Waals surface area contributed by atoms with Crippen LogP contribution >= 0.6 is 11.6 Å². The Labute approximate surface area is 218 Å². The zero-order valence-corrected chi connectivity index (χ0v) is 21.9. The van der Waals surface area contributed by atoms with Crippen LogP contribution in [0.15, 0.2) is 36.4 Å². The highest BCUT2D eigenvalue weighted by atomic mass is 35.5. The number of morpholine rings is 1. The first-order valence-electron chi connectivity index (χ1n) is 12.5. The van der Waals surface area contributed by atoms with Crippen molar-refractivity contribution in [1.29, 1.82) is 0 Å². The molecule has 2 aromatic rings. The van der Waals surface area contributed by atoms with Gasteiger partial charge in [0.15, 0.2) is 0 Å². The van der Waals surface area contributed by atoms with Gasteiger partial charge in [-0.3, -0.25) is 14.5 Å².